The van der Waals surface area contributed by atoms with E-state index in [9.17, 15) is 0 Å². The molecule has 5 heteroatoms. The summed E-state index contributed by atoms with van der Waals surface area (Å²) in [6.45, 7) is 13.6. The molecule has 0 atom stereocenters. The summed E-state index contributed by atoms with van der Waals surface area (Å²) >= 11 is 0. The van der Waals surface area contributed by atoms with Crippen LogP contribution in [0.15, 0.2) is 65.3 Å². The Kier molecular flexibility index (Phi) is 7.42. The third-order valence-electron chi connectivity index (χ3n) is 5.39. The number of allylic oxidation sites excluding steroid dienone is 4. The van der Waals surface area contributed by atoms with Gasteiger partial charge < -0.3 is 15.5 Å². The molecular formula is C24H33N5. The molecule has 0 amide bonds. The third-order valence-corrected chi connectivity index (χ3v) is 5.39. The van der Waals surface area contributed by atoms with Crippen molar-refractivity contribution < 1.29 is 0 Å². The summed E-state index contributed by atoms with van der Waals surface area (Å²) in [5.74, 6) is 0. The van der Waals surface area contributed by atoms with Crippen LogP contribution in [0.5, 0.6) is 0 Å². The summed E-state index contributed by atoms with van der Waals surface area (Å²) in [6, 6.07) is 6.28. The average molecular weight is 392 g/mol. The van der Waals surface area contributed by atoms with Gasteiger partial charge in [-0.2, -0.15) is 0 Å². The molecule has 1 aliphatic heterocycles. The Hall–Kier alpha value is -2.66. The summed E-state index contributed by atoms with van der Waals surface area (Å²) in [5.41, 5.74) is 8.28. The van der Waals surface area contributed by atoms with E-state index >= 15 is 0 Å². The smallest absolute Gasteiger partial charge is 0.0890 e. The van der Waals surface area contributed by atoms with Gasteiger partial charge in [0.15, 0.2) is 0 Å². The number of rotatable bonds is 7. The molecule has 0 aliphatic carbocycles. The molecule has 29 heavy (non-hydrogen) atoms. The second-order valence-electron chi connectivity index (χ2n) is 7.55. The van der Waals surface area contributed by atoms with Gasteiger partial charge in [-0.25, -0.2) is 0 Å². The lowest BCUT2D eigenvalue weighted by Gasteiger charge is -2.34. The zero-order chi connectivity index (χ0) is 20.6. The number of benzene rings is 1. The monoisotopic (exact) mass is 391 g/mol. The predicted octanol–water partition coefficient (Wildman–Crippen LogP) is 4.16. The molecular weight excluding hydrogens is 358 g/mol. The van der Waals surface area contributed by atoms with Crippen LogP contribution in [-0.2, 0) is 6.54 Å². The standard InChI is InChI=1S/C24H33N5/c1-5-18(3)15-19(4)24(29-13-11-25-12-14-29)21(6-2)28-17-20-7-8-22-23(16-20)27-10-9-26-22/h6-10,15-16,25,28H,5,11-14,17H2,1-4H3/b18-15+,21-6+,24-19+. The second kappa shape index (κ2) is 10.2. The van der Waals surface area contributed by atoms with Crippen molar-refractivity contribution in [3.63, 3.8) is 0 Å². The van der Waals surface area contributed by atoms with Crippen molar-refractivity contribution in [3.8, 4) is 0 Å². The highest BCUT2D eigenvalue weighted by Gasteiger charge is 2.18. The van der Waals surface area contributed by atoms with E-state index in [0.29, 0.717) is 0 Å². The minimum atomic E-state index is 0.755. The summed E-state index contributed by atoms with van der Waals surface area (Å²) < 4.78 is 0. The van der Waals surface area contributed by atoms with Gasteiger partial charge >= 0.3 is 0 Å². The first kappa shape index (κ1) is 21.1. The second-order valence-corrected chi connectivity index (χ2v) is 7.55. The Balaban J connectivity index is 1.85. The number of hydrogen-bond acceptors (Lipinski definition) is 5. The molecule has 1 aromatic carbocycles. The van der Waals surface area contributed by atoms with E-state index < -0.39 is 0 Å². The fraction of sp³-hybridized carbons (Fsp3) is 0.417. The lowest BCUT2D eigenvalue weighted by Crippen LogP contribution is -2.44. The molecule has 2 aromatic rings. The van der Waals surface area contributed by atoms with Crippen LogP contribution in [0.4, 0.5) is 0 Å². The van der Waals surface area contributed by atoms with E-state index in [-0.39, 0.29) is 0 Å². The quantitative estimate of drug-likeness (QED) is 0.694. The van der Waals surface area contributed by atoms with Gasteiger partial charge in [-0.15, -0.1) is 0 Å². The van der Waals surface area contributed by atoms with Gasteiger partial charge in [0.2, 0.25) is 0 Å². The van der Waals surface area contributed by atoms with E-state index in [1.54, 1.807) is 12.4 Å². The molecule has 3 rings (SSSR count). The Morgan fingerprint density at radius 1 is 1.14 bits per heavy atom. The molecule has 0 bridgehead atoms. The van der Waals surface area contributed by atoms with Crippen LogP contribution >= 0.6 is 0 Å². The summed E-state index contributed by atoms with van der Waals surface area (Å²) in [4.78, 5) is 11.3. The van der Waals surface area contributed by atoms with Gasteiger partial charge in [-0.05, 0) is 50.5 Å². The van der Waals surface area contributed by atoms with Gasteiger partial charge in [0, 0.05) is 45.1 Å². The third kappa shape index (κ3) is 5.45. The van der Waals surface area contributed by atoms with Gasteiger partial charge in [0.25, 0.3) is 0 Å². The molecule has 0 saturated carbocycles. The van der Waals surface area contributed by atoms with Crippen molar-refractivity contribution in [2.75, 3.05) is 26.2 Å². The minimum absolute atomic E-state index is 0.755. The van der Waals surface area contributed by atoms with Crippen LogP contribution in [0.3, 0.4) is 0 Å². The maximum absolute atomic E-state index is 4.43. The average Bonchev–Trinajstić information content (AvgIpc) is 2.76. The van der Waals surface area contributed by atoms with E-state index in [4.69, 9.17) is 0 Å². The van der Waals surface area contributed by atoms with Crippen LogP contribution in [0.25, 0.3) is 11.0 Å². The Morgan fingerprint density at radius 3 is 2.55 bits per heavy atom. The Labute approximate surface area is 174 Å². The molecule has 5 nitrogen and oxygen atoms in total. The SMILES string of the molecule is C\C=C(NCc1ccc2nccnc2c1)/C(=C(C)\C=C(/C)CC)N1CCNCC1. The molecule has 0 radical (unpaired) electrons. The normalized spacial score (nSPS) is 16.8. The number of piperazine rings is 1. The van der Waals surface area contributed by atoms with Crippen molar-refractivity contribution >= 4 is 11.0 Å². The summed E-state index contributed by atoms with van der Waals surface area (Å²) in [6.07, 6.45) is 9.07. The van der Waals surface area contributed by atoms with Crippen molar-refractivity contribution in [3.05, 3.63) is 70.8 Å². The molecule has 2 N–H and O–H groups in total. The highest BCUT2D eigenvalue weighted by Crippen LogP contribution is 2.22. The number of nitrogens with one attached hydrogen (secondary N) is 2. The first-order valence-electron chi connectivity index (χ1n) is 10.6. The largest absolute Gasteiger partial charge is 0.380 e. The van der Waals surface area contributed by atoms with E-state index in [1.165, 1.54) is 28.1 Å². The molecule has 1 saturated heterocycles. The lowest BCUT2D eigenvalue weighted by molar-refractivity contribution is 0.299. The molecule has 1 aromatic heterocycles. The maximum atomic E-state index is 4.43. The van der Waals surface area contributed by atoms with Crippen LogP contribution in [0, 0.1) is 0 Å². The fourth-order valence-electron chi connectivity index (χ4n) is 3.70. The van der Waals surface area contributed by atoms with Gasteiger partial charge in [0.05, 0.1) is 22.4 Å². The number of hydrogen-bond donors (Lipinski definition) is 2. The predicted molar refractivity (Wildman–Crippen MR) is 121 cm³/mol. The van der Waals surface area contributed by atoms with Crippen LogP contribution in [0.1, 0.15) is 39.7 Å². The van der Waals surface area contributed by atoms with Gasteiger partial charge in [-0.1, -0.05) is 30.7 Å². The first-order chi connectivity index (χ1) is 14.1. The Morgan fingerprint density at radius 2 is 1.86 bits per heavy atom. The zero-order valence-corrected chi connectivity index (χ0v) is 18.1. The van der Waals surface area contributed by atoms with Crippen molar-refractivity contribution in [1.29, 1.82) is 0 Å². The Bertz CT molecular complexity index is 920. The van der Waals surface area contributed by atoms with Gasteiger partial charge in [0.1, 0.15) is 0 Å². The van der Waals surface area contributed by atoms with Crippen LogP contribution in [0.2, 0.25) is 0 Å². The molecule has 154 valence electrons. The molecule has 2 heterocycles. The topological polar surface area (TPSA) is 53.1 Å². The first-order valence-corrected chi connectivity index (χ1v) is 10.6. The fourth-order valence-corrected chi connectivity index (χ4v) is 3.70. The molecule has 0 spiro atoms. The van der Waals surface area contributed by atoms with E-state index in [1.807, 2.05) is 6.07 Å². The van der Waals surface area contributed by atoms with Crippen molar-refractivity contribution in [1.82, 2.24) is 25.5 Å². The summed E-state index contributed by atoms with van der Waals surface area (Å²) in [5, 5.41) is 7.14. The van der Waals surface area contributed by atoms with E-state index in [2.05, 4.69) is 77.5 Å². The molecule has 0 unspecified atom stereocenters. The maximum Gasteiger partial charge on any atom is 0.0890 e. The van der Waals surface area contributed by atoms with Crippen LogP contribution < -0.4 is 10.6 Å². The van der Waals surface area contributed by atoms with E-state index in [0.717, 1.165) is 50.2 Å². The lowest BCUT2D eigenvalue weighted by atomic mass is 10.1. The minimum Gasteiger partial charge on any atom is -0.380 e. The van der Waals surface area contributed by atoms with Gasteiger partial charge in [-0.3, -0.25) is 9.97 Å². The van der Waals surface area contributed by atoms with Crippen LogP contribution in [-0.4, -0.2) is 41.0 Å². The number of fused-ring (bicyclic) bond motifs is 1. The van der Waals surface area contributed by atoms with Crippen molar-refractivity contribution in [2.24, 2.45) is 0 Å². The highest BCUT2D eigenvalue weighted by atomic mass is 15.2. The molecule has 1 aliphatic rings. The number of nitrogens with zero attached hydrogens (tertiary/aromatic N) is 3. The van der Waals surface area contributed by atoms with Crippen molar-refractivity contribution in [2.45, 2.75) is 40.7 Å². The zero-order valence-electron chi connectivity index (χ0n) is 18.1. The number of aromatic nitrogens is 2. The summed E-state index contributed by atoms with van der Waals surface area (Å²) in [7, 11) is 0. The molecule has 1 fully saturated rings. The highest BCUT2D eigenvalue weighted by molar-refractivity contribution is 5.74.